The van der Waals surface area contributed by atoms with Gasteiger partial charge in [-0.05, 0) is 6.92 Å². The second kappa shape index (κ2) is 5.42. The molecule has 1 N–H and O–H groups in total. The van der Waals surface area contributed by atoms with Crippen LogP contribution in [0.4, 0.5) is 0 Å². The number of carbonyl (C=O) groups is 1. The molecule has 68 valence electrons. The van der Waals surface area contributed by atoms with Crippen LogP contribution in [0.5, 0.6) is 0 Å². The van der Waals surface area contributed by atoms with Gasteiger partial charge >= 0.3 is 5.97 Å². The first kappa shape index (κ1) is 10.8. The fourth-order valence-electron chi connectivity index (χ4n) is 0.412. The topological polar surface area (TPSA) is 76.0 Å². The highest BCUT2D eigenvalue weighted by Crippen LogP contribution is 1.95. The lowest BCUT2D eigenvalue weighted by atomic mass is 10.3. The molecule has 1 atom stereocenters. The van der Waals surface area contributed by atoms with Crippen LogP contribution >= 0.6 is 0 Å². The van der Waals surface area contributed by atoms with Crippen LogP contribution in [0.2, 0.25) is 0 Å². The highest BCUT2D eigenvalue weighted by Gasteiger charge is 2.10. The molecule has 0 radical (unpaired) electrons. The number of aliphatic hydroxyl groups is 1. The predicted molar refractivity (Wildman–Crippen MR) is 42.4 cm³/mol. The maximum atomic E-state index is 10.7. The molecule has 12 heavy (non-hydrogen) atoms. The molecular weight excluding hydrogens is 162 g/mol. The first-order chi connectivity index (χ1) is 5.61. The van der Waals surface area contributed by atoms with E-state index in [2.05, 4.69) is 16.5 Å². The van der Waals surface area contributed by atoms with Gasteiger partial charge in [-0.1, -0.05) is 11.8 Å². The van der Waals surface area contributed by atoms with Gasteiger partial charge < -0.3 is 9.84 Å². The third-order valence-corrected chi connectivity index (χ3v) is 1.12. The number of rotatable bonds is 5. The monoisotopic (exact) mass is 173 g/mol. The smallest absolute Gasteiger partial charge is 0.333 e. The maximum Gasteiger partial charge on any atom is 0.333 e. The number of hydrogen-bond acceptors (Lipinski definition) is 5. The Morgan fingerprint density at radius 3 is 2.67 bits per heavy atom. The molecule has 5 nitrogen and oxygen atoms in total. The minimum Gasteiger partial charge on any atom is -0.460 e. The van der Waals surface area contributed by atoms with E-state index in [1.165, 1.54) is 6.92 Å². The van der Waals surface area contributed by atoms with E-state index >= 15 is 0 Å². The lowest BCUT2D eigenvalue weighted by Crippen LogP contribution is -2.20. The Hall–Kier alpha value is -1.23. The van der Waals surface area contributed by atoms with Gasteiger partial charge in [-0.15, -0.1) is 0 Å². The largest absolute Gasteiger partial charge is 0.460 e. The van der Waals surface area contributed by atoms with E-state index in [9.17, 15) is 9.70 Å². The zero-order chi connectivity index (χ0) is 9.56. The van der Waals surface area contributed by atoms with Crippen LogP contribution in [0.3, 0.4) is 0 Å². The van der Waals surface area contributed by atoms with E-state index < -0.39 is 18.6 Å². The Morgan fingerprint density at radius 1 is 1.75 bits per heavy atom. The van der Waals surface area contributed by atoms with Crippen molar-refractivity contribution in [1.29, 1.82) is 0 Å². The molecule has 0 aromatic heterocycles. The summed E-state index contributed by atoms with van der Waals surface area (Å²) in [5.41, 5.74) is 0.248. The molecule has 0 aliphatic heterocycles. The molecule has 0 aliphatic rings. The number of ether oxygens (including phenoxy) is 1. The van der Waals surface area contributed by atoms with Crippen LogP contribution in [0.15, 0.2) is 17.3 Å². The average Bonchev–Trinajstić information content (AvgIpc) is 2.05. The molecule has 0 aliphatic carbocycles. The van der Waals surface area contributed by atoms with Crippen LogP contribution in [-0.2, 0) is 9.53 Å². The van der Waals surface area contributed by atoms with Crippen molar-refractivity contribution < 1.29 is 14.6 Å². The molecule has 5 heteroatoms. The summed E-state index contributed by atoms with van der Waals surface area (Å²) in [6, 6.07) is -0.881. The molecule has 0 aromatic carbocycles. The second-order valence-electron chi connectivity index (χ2n) is 2.32. The zero-order valence-electron chi connectivity index (χ0n) is 6.82. The number of aliphatic hydroxyl groups excluding tert-OH is 1. The number of esters is 1. The first-order valence-corrected chi connectivity index (χ1v) is 3.37. The molecule has 1 unspecified atom stereocenters. The van der Waals surface area contributed by atoms with Crippen molar-refractivity contribution in [2.75, 3.05) is 13.2 Å². The molecule has 0 bridgehead atoms. The fourth-order valence-corrected chi connectivity index (χ4v) is 0.412. The fraction of sp³-hybridized carbons (Fsp3) is 0.571. The van der Waals surface area contributed by atoms with Crippen molar-refractivity contribution in [3.63, 3.8) is 0 Å². The van der Waals surface area contributed by atoms with E-state index in [1.54, 1.807) is 0 Å². The standard InChI is InChI=1S/C7H11NO4/c1-5(2)7(10)12-4-6(3-9)8-11/h6,9H,1,3-4H2,2H3. The van der Waals surface area contributed by atoms with Crippen molar-refractivity contribution in [2.24, 2.45) is 5.18 Å². The zero-order valence-corrected chi connectivity index (χ0v) is 6.82. The lowest BCUT2D eigenvalue weighted by molar-refractivity contribution is -0.139. The summed E-state index contributed by atoms with van der Waals surface area (Å²) in [6.07, 6.45) is 0. The van der Waals surface area contributed by atoms with Gasteiger partial charge in [0.15, 0.2) is 0 Å². The van der Waals surface area contributed by atoms with Gasteiger partial charge in [-0.2, -0.15) is 4.91 Å². The number of nitroso groups, excluding NO2 is 1. The van der Waals surface area contributed by atoms with E-state index in [0.717, 1.165) is 0 Å². The molecule has 0 fully saturated rings. The van der Waals surface area contributed by atoms with E-state index in [1.807, 2.05) is 0 Å². The normalized spacial score (nSPS) is 11.8. The Labute approximate surface area is 70.0 Å². The first-order valence-electron chi connectivity index (χ1n) is 3.37. The number of carbonyl (C=O) groups excluding carboxylic acids is 1. The average molecular weight is 173 g/mol. The van der Waals surface area contributed by atoms with Crippen LogP contribution < -0.4 is 0 Å². The van der Waals surface area contributed by atoms with Gasteiger partial charge in [-0.3, -0.25) is 0 Å². The van der Waals surface area contributed by atoms with Crippen LogP contribution in [0.25, 0.3) is 0 Å². The summed E-state index contributed by atoms with van der Waals surface area (Å²) in [4.78, 5) is 20.6. The summed E-state index contributed by atoms with van der Waals surface area (Å²) in [5.74, 6) is -0.586. The van der Waals surface area contributed by atoms with Gasteiger partial charge in [0, 0.05) is 5.57 Å². The van der Waals surface area contributed by atoms with E-state index in [-0.39, 0.29) is 12.2 Å². The highest BCUT2D eigenvalue weighted by molar-refractivity contribution is 5.86. The summed E-state index contributed by atoms with van der Waals surface area (Å²) < 4.78 is 4.56. The quantitative estimate of drug-likeness (QED) is 0.367. The third-order valence-electron chi connectivity index (χ3n) is 1.12. The van der Waals surface area contributed by atoms with Gasteiger partial charge in [0.1, 0.15) is 12.6 Å². The number of nitrogens with zero attached hydrogens (tertiary/aromatic N) is 1. The summed E-state index contributed by atoms with van der Waals surface area (Å²) in [6.45, 7) is 4.20. The minimum absolute atomic E-state index is 0.203. The van der Waals surface area contributed by atoms with Crippen LogP contribution in [-0.4, -0.2) is 30.3 Å². The predicted octanol–water partition coefficient (Wildman–Crippen LogP) is 0.233. The molecule has 0 spiro atoms. The summed E-state index contributed by atoms with van der Waals surface area (Å²) in [5, 5.41) is 11.0. The van der Waals surface area contributed by atoms with E-state index in [4.69, 9.17) is 5.11 Å². The Balaban J connectivity index is 3.73. The van der Waals surface area contributed by atoms with Gasteiger partial charge in [0.2, 0.25) is 0 Å². The Morgan fingerprint density at radius 2 is 2.33 bits per heavy atom. The summed E-state index contributed by atoms with van der Waals surface area (Å²) >= 11 is 0. The molecule has 0 heterocycles. The molecule has 0 amide bonds. The molecule has 0 rings (SSSR count). The number of hydrogen-bond donors (Lipinski definition) is 1. The Bertz CT molecular complexity index is 190. The van der Waals surface area contributed by atoms with Crippen LogP contribution in [0.1, 0.15) is 6.92 Å². The minimum atomic E-state index is -0.881. The van der Waals surface area contributed by atoms with Gasteiger partial charge in [0.25, 0.3) is 0 Å². The van der Waals surface area contributed by atoms with Crippen molar-refractivity contribution in [1.82, 2.24) is 0 Å². The van der Waals surface area contributed by atoms with Gasteiger partial charge in [-0.25, -0.2) is 4.79 Å². The highest BCUT2D eigenvalue weighted by atomic mass is 16.5. The second-order valence-corrected chi connectivity index (χ2v) is 2.32. The Kier molecular flexibility index (Phi) is 4.87. The van der Waals surface area contributed by atoms with Crippen molar-refractivity contribution in [3.05, 3.63) is 17.1 Å². The SMILES string of the molecule is C=C(C)C(=O)OCC(CO)N=O. The maximum absolute atomic E-state index is 10.7. The lowest BCUT2D eigenvalue weighted by Gasteiger charge is -2.06. The van der Waals surface area contributed by atoms with Crippen molar-refractivity contribution in [2.45, 2.75) is 13.0 Å². The van der Waals surface area contributed by atoms with Crippen molar-refractivity contribution in [3.8, 4) is 0 Å². The molecule has 0 saturated carbocycles. The van der Waals surface area contributed by atoms with E-state index in [0.29, 0.717) is 0 Å². The van der Waals surface area contributed by atoms with Crippen LogP contribution in [0, 0.1) is 4.91 Å². The summed E-state index contributed by atoms with van der Waals surface area (Å²) in [7, 11) is 0. The molecule has 0 aromatic rings. The molecule has 0 saturated heterocycles. The van der Waals surface area contributed by atoms with Crippen molar-refractivity contribution >= 4 is 5.97 Å². The van der Waals surface area contributed by atoms with Gasteiger partial charge in [0.05, 0.1) is 6.61 Å². The molecular formula is C7H11NO4. The third kappa shape index (κ3) is 3.82.